The summed E-state index contributed by atoms with van der Waals surface area (Å²) < 4.78 is 16.3. The first-order valence-electron chi connectivity index (χ1n) is 11.2. The van der Waals surface area contributed by atoms with Gasteiger partial charge in [-0.2, -0.15) is 5.10 Å². The normalized spacial score (nSPS) is 13.3. The molecule has 1 aliphatic rings. The summed E-state index contributed by atoms with van der Waals surface area (Å²) in [4.78, 5) is 25.6. The summed E-state index contributed by atoms with van der Waals surface area (Å²) in [6.07, 6.45) is 1.59. The number of nitrogens with one attached hydrogen (secondary N) is 2. The molecule has 8 heteroatoms. The number of benzene rings is 3. The number of carbonyl (C=O) groups excluding carboxylic acids is 2. The van der Waals surface area contributed by atoms with Crippen molar-refractivity contribution in [3.8, 4) is 17.2 Å². The summed E-state index contributed by atoms with van der Waals surface area (Å²) in [5, 5.41) is 8.86. The average Bonchev–Trinajstić information content (AvgIpc) is 3.31. The summed E-state index contributed by atoms with van der Waals surface area (Å²) in [5.41, 5.74) is 3.77. The number of hydrazone groups is 1. The topological polar surface area (TPSA) is 98.2 Å². The van der Waals surface area contributed by atoms with Crippen molar-refractivity contribution in [2.75, 3.05) is 13.4 Å². The van der Waals surface area contributed by atoms with Gasteiger partial charge in [-0.3, -0.25) is 9.59 Å². The van der Waals surface area contributed by atoms with Gasteiger partial charge >= 0.3 is 0 Å². The Bertz CT molecular complexity index is 1240. The van der Waals surface area contributed by atoms with Crippen molar-refractivity contribution in [2.24, 2.45) is 11.0 Å². The molecule has 4 rings (SSSR count). The molecule has 2 amide bonds. The zero-order chi connectivity index (χ0) is 24.1. The molecule has 1 heterocycles. The van der Waals surface area contributed by atoms with Crippen LogP contribution < -0.4 is 25.0 Å². The first kappa shape index (κ1) is 23.1. The van der Waals surface area contributed by atoms with Gasteiger partial charge in [0.15, 0.2) is 11.5 Å². The maximum Gasteiger partial charge on any atom is 0.262 e. The van der Waals surface area contributed by atoms with E-state index in [0.717, 1.165) is 22.1 Å². The molecular weight excluding hydrogens is 434 g/mol. The number of nitrogens with zero attached hydrogens (tertiary/aromatic N) is 1. The average molecular weight is 462 g/mol. The molecule has 2 N–H and O–H groups in total. The van der Waals surface area contributed by atoms with Crippen molar-refractivity contribution >= 4 is 28.8 Å². The lowest BCUT2D eigenvalue weighted by Gasteiger charge is -2.20. The summed E-state index contributed by atoms with van der Waals surface area (Å²) in [7, 11) is 0. The lowest BCUT2D eigenvalue weighted by atomic mass is 10.0. The Labute approximate surface area is 197 Å². The summed E-state index contributed by atoms with van der Waals surface area (Å²) in [5.74, 6) is 0.949. The van der Waals surface area contributed by atoms with Crippen LogP contribution in [0.3, 0.4) is 0 Å². The maximum absolute atomic E-state index is 12.8. The van der Waals surface area contributed by atoms with Gasteiger partial charge in [0, 0.05) is 16.5 Å². The minimum Gasteiger partial charge on any atom is -0.493 e. The summed E-state index contributed by atoms with van der Waals surface area (Å²) >= 11 is 0. The largest absolute Gasteiger partial charge is 0.493 e. The molecule has 1 atom stereocenters. The van der Waals surface area contributed by atoms with Crippen LogP contribution in [0, 0.1) is 5.92 Å². The van der Waals surface area contributed by atoms with Crippen LogP contribution in [0.25, 0.3) is 10.8 Å². The van der Waals surface area contributed by atoms with Gasteiger partial charge in [-0.05, 0) is 48.6 Å². The number of amides is 2. The highest BCUT2D eigenvalue weighted by Gasteiger charge is 2.25. The predicted octanol–water partition coefficient (Wildman–Crippen LogP) is 3.87. The SMILES string of the molecule is CCOc1ccc(/C=N\NC(=O)[C@@H](NC(=O)c2ccc3c(c2)OCO3)C(C)C)c2ccccc12. The van der Waals surface area contributed by atoms with Crippen molar-refractivity contribution in [2.45, 2.75) is 26.8 Å². The predicted molar refractivity (Wildman–Crippen MR) is 130 cm³/mol. The van der Waals surface area contributed by atoms with Gasteiger partial charge in [0.05, 0.1) is 12.8 Å². The van der Waals surface area contributed by atoms with E-state index < -0.39 is 11.9 Å². The van der Waals surface area contributed by atoms with E-state index >= 15 is 0 Å². The molecule has 0 fully saturated rings. The van der Waals surface area contributed by atoms with E-state index in [-0.39, 0.29) is 18.6 Å². The molecular formula is C26H27N3O5. The van der Waals surface area contributed by atoms with E-state index in [1.807, 2.05) is 57.2 Å². The first-order chi connectivity index (χ1) is 16.5. The van der Waals surface area contributed by atoms with Crippen molar-refractivity contribution < 1.29 is 23.8 Å². The van der Waals surface area contributed by atoms with E-state index in [2.05, 4.69) is 15.8 Å². The molecule has 176 valence electrons. The second kappa shape index (κ2) is 10.2. The van der Waals surface area contributed by atoms with Crippen LogP contribution in [0.2, 0.25) is 0 Å². The lowest BCUT2D eigenvalue weighted by molar-refractivity contribution is -0.123. The van der Waals surface area contributed by atoms with Gasteiger partial charge in [-0.1, -0.05) is 38.1 Å². The lowest BCUT2D eigenvalue weighted by Crippen LogP contribution is -2.48. The Hall–Kier alpha value is -4.07. The van der Waals surface area contributed by atoms with Crippen molar-refractivity contribution in [3.63, 3.8) is 0 Å². The van der Waals surface area contributed by atoms with Crippen molar-refractivity contribution in [3.05, 3.63) is 65.7 Å². The van der Waals surface area contributed by atoms with Crippen LogP contribution in [0.15, 0.2) is 59.7 Å². The van der Waals surface area contributed by atoms with Gasteiger partial charge < -0.3 is 19.5 Å². The first-order valence-corrected chi connectivity index (χ1v) is 11.2. The van der Waals surface area contributed by atoms with Crippen LogP contribution in [0.4, 0.5) is 0 Å². The summed E-state index contributed by atoms with van der Waals surface area (Å²) in [6, 6.07) is 15.8. The van der Waals surface area contributed by atoms with Crippen LogP contribution in [0.5, 0.6) is 17.2 Å². The molecule has 3 aromatic carbocycles. The molecule has 0 saturated heterocycles. The quantitative estimate of drug-likeness (QED) is 0.392. The molecule has 0 aliphatic carbocycles. The van der Waals surface area contributed by atoms with Crippen LogP contribution in [-0.4, -0.2) is 37.5 Å². The molecule has 0 radical (unpaired) electrons. The molecule has 0 saturated carbocycles. The number of carbonyl (C=O) groups is 2. The van der Waals surface area contributed by atoms with Gasteiger partial charge in [0.1, 0.15) is 11.8 Å². The van der Waals surface area contributed by atoms with Crippen LogP contribution in [0.1, 0.15) is 36.7 Å². The molecule has 0 spiro atoms. The van der Waals surface area contributed by atoms with E-state index in [1.54, 1.807) is 24.4 Å². The minimum absolute atomic E-state index is 0.124. The standard InChI is InChI=1S/C26H27N3O5/c1-4-32-21-11-10-18(19-7-5-6-8-20(19)21)14-27-29-26(31)24(16(2)3)28-25(30)17-9-12-22-23(13-17)34-15-33-22/h5-14,16,24H,4,15H2,1-3H3,(H,28,30)(H,29,31)/b27-14-/t24-/m0/s1. The zero-order valence-corrected chi connectivity index (χ0v) is 19.3. The van der Waals surface area contributed by atoms with Crippen LogP contribution in [-0.2, 0) is 4.79 Å². The third-order valence-electron chi connectivity index (χ3n) is 5.47. The van der Waals surface area contributed by atoms with E-state index in [4.69, 9.17) is 14.2 Å². The van der Waals surface area contributed by atoms with Gasteiger partial charge in [0.25, 0.3) is 11.8 Å². The maximum atomic E-state index is 12.8. The van der Waals surface area contributed by atoms with E-state index in [9.17, 15) is 9.59 Å². The minimum atomic E-state index is -0.771. The molecule has 0 bridgehead atoms. The number of hydrogen-bond acceptors (Lipinski definition) is 6. The highest BCUT2D eigenvalue weighted by Crippen LogP contribution is 2.32. The Kier molecular flexibility index (Phi) is 6.96. The van der Waals surface area contributed by atoms with Crippen molar-refractivity contribution in [1.82, 2.24) is 10.7 Å². The highest BCUT2D eigenvalue weighted by molar-refractivity contribution is 6.03. The third-order valence-corrected chi connectivity index (χ3v) is 5.47. The number of ether oxygens (including phenoxy) is 3. The summed E-state index contributed by atoms with van der Waals surface area (Å²) in [6.45, 7) is 6.35. The second-order valence-electron chi connectivity index (χ2n) is 8.13. The van der Waals surface area contributed by atoms with Gasteiger partial charge in [-0.15, -0.1) is 0 Å². The molecule has 1 aliphatic heterocycles. The highest BCUT2D eigenvalue weighted by atomic mass is 16.7. The third kappa shape index (κ3) is 4.96. The molecule has 8 nitrogen and oxygen atoms in total. The fraction of sp³-hybridized carbons (Fsp3) is 0.269. The molecule has 0 unspecified atom stereocenters. The van der Waals surface area contributed by atoms with Crippen molar-refractivity contribution in [1.29, 1.82) is 0 Å². The smallest absolute Gasteiger partial charge is 0.262 e. The second-order valence-corrected chi connectivity index (χ2v) is 8.13. The van der Waals surface area contributed by atoms with Gasteiger partial charge in [-0.25, -0.2) is 5.43 Å². The van der Waals surface area contributed by atoms with Crippen LogP contribution >= 0.6 is 0 Å². The Morgan fingerprint density at radius 3 is 2.59 bits per heavy atom. The molecule has 34 heavy (non-hydrogen) atoms. The van der Waals surface area contributed by atoms with Gasteiger partial charge in [0.2, 0.25) is 6.79 Å². The Balaban J connectivity index is 1.45. The number of hydrogen-bond donors (Lipinski definition) is 2. The molecule has 3 aromatic rings. The van der Waals surface area contributed by atoms with E-state index in [0.29, 0.717) is 23.7 Å². The molecule has 0 aromatic heterocycles. The fourth-order valence-electron chi connectivity index (χ4n) is 3.72. The number of fused-ring (bicyclic) bond motifs is 2. The zero-order valence-electron chi connectivity index (χ0n) is 19.3. The van der Waals surface area contributed by atoms with E-state index in [1.165, 1.54) is 0 Å². The Morgan fingerprint density at radius 1 is 1.06 bits per heavy atom. The number of rotatable bonds is 8. The Morgan fingerprint density at radius 2 is 1.82 bits per heavy atom. The monoisotopic (exact) mass is 461 g/mol. The fourth-order valence-corrected chi connectivity index (χ4v) is 3.72.